The molecule has 0 fully saturated rings. The molecule has 0 saturated heterocycles. The van der Waals surface area contributed by atoms with Gasteiger partial charge >= 0.3 is 0 Å². The number of rotatable bonds is 6. The van der Waals surface area contributed by atoms with E-state index < -0.39 is 6.85 Å². The van der Waals surface area contributed by atoms with E-state index in [-0.39, 0.29) is 25.7 Å². The summed E-state index contributed by atoms with van der Waals surface area (Å²) in [5, 5.41) is 4.75. The number of pyridine rings is 2. The van der Waals surface area contributed by atoms with E-state index in [1.807, 2.05) is 48.7 Å². The summed E-state index contributed by atoms with van der Waals surface area (Å²) >= 11 is 1.64. The Morgan fingerprint density at radius 2 is 1.55 bits per heavy atom. The van der Waals surface area contributed by atoms with Gasteiger partial charge in [-0.3, -0.25) is 21.3 Å². The van der Waals surface area contributed by atoms with Gasteiger partial charge in [0.1, 0.15) is 0 Å². The van der Waals surface area contributed by atoms with E-state index in [4.69, 9.17) is 9.10 Å². The maximum atomic E-state index is 7.23. The molecule has 9 aromatic rings. The van der Waals surface area contributed by atoms with Gasteiger partial charge in [0.25, 0.3) is 0 Å². The summed E-state index contributed by atoms with van der Waals surface area (Å²) in [6.07, 6.45) is 4.04. The molecule has 1 radical (unpaired) electrons. The number of thiophene rings is 1. The Kier molecular flexibility index (Phi) is 9.26. The first-order valence-electron chi connectivity index (χ1n) is 17.8. The van der Waals surface area contributed by atoms with Gasteiger partial charge < -0.3 is 9.55 Å². The fourth-order valence-electron chi connectivity index (χ4n) is 6.00. The first kappa shape index (κ1) is 30.3. The molecule has 0 aliphatic carbocycles. The SMILES string of the molecule is [2H]C([2H])([2H])c1ccc(-c2[c-]cccc2)nc1.[Ir].[c-]1sc2ccc(Cc3ccccn3)cc2c1-c1nc2ccccc2n1-c1ccc(-c2ccccc2)cc1. The molecular weight excluding hydrogens is 821 g/mol. The summed E-state index contributed by atoms with van der Waals surface area (Å²) in [6.45, 7) is -2.09. The molecule has 51 heavy (non-hydrogen) atoms. The Balaban J connectivity index is 0.000000223. The Morgan fingerprint density at radius 1 is 0.745 bits per heavy atom. The number of benzene rings is 5. The van der Waals surface area contributed by atoms with Crippen molar-refractivity contribution in [1.82, 2.24) is 19.5 Å². The van der Waals surface area contributed by atoms with E-state index in [0.29, 0.717) is 0 Å². The molecule has 9 rings (SSSR count). The van der Waals surface area contributed by atoms with E-state index >= 15 is 0 Å². The summed E-state index contributed by atoms with van der Waals surface area (Å²) in [5.41, 5.74) is 10.7. The molecule has 4 nitrogen and oxygen atoms in total. The Morgan fingerprint density at radius 3 is 2.31 bits per heavy atom. The summed E-state index contributed by atoms with van der Waals surface area (Å²) in [7, 11) is 0. The van der Waals surface area contributed by atoms with Crippen molar-refractivity contribution in [2.45, 2.75) is 13.3 Å². The number of hydrogen-bond acceptors (Lipinski definition) is 4. The van der Waals surface area contributed by atoms with Crippen molar-refractivity contribution in [2.75, 3.05) is 0 Å². The molecule has 5 aromatic carbocycles. The van der Waals surface area contributed by atoms with Crippen molar-refractivity contribution in [3.05, 3.63) is 192 Å². The molecule has 249 valence electrons. The summed E-state index contributed by atoms with van der Waals surface area (Å²) in [6, 6.07) is 54.0. The van der Waals surface area contributed by atoms with E-state index in [9.17, 15) is 0 Å². The third-order valence-corrected chi connectivity index (χ3v) is 9.34. The summed E-state index contributed by atoms with van der Waals surface area (Å²) < 4.78 is 25.2. The molecule has 0 saturated carbocycles. The third kappa shape index (κ3) is 7.50. The second-order valence-corrected chi connectivity index (χ2v) is 12.6. The zero-order chi connectivity index (χ0) is 36.2. The minimum Gasteiger partial charge on any atom is -0.333 e. The smallest absolute Gasteiger partial charge is 0.0774 e. The van der Waals surface area contributed by atoms with Gasteiger partial charge in [-0.1, -0.05) is 106 Å². The number of nitrogens with zero attached hydrogens (tertiary/aromatic N) is 4. The molecule has 0 unspecified atom stereocenters. The maximum Gasteiger partial charge on any atom is 0.0774 e. The molecule has 0 amide bonds. The Hall–Kier alpha value is -5.52. The van der Waals surface area contributed by atoms with Crippen molar-refractivity contribution in [3.63, 3.8) is 0 Å². The molecule has 0 N–H and O–H groups in total. The average molecular weight is 856 g/mol. The Bertz CT molecular complexity index is 2610. The summed E-state index contributed by atoms with van der Waals surface area (Å²) in [4.78, 5) is 13.7. The molecule has 0 atom stereocenters. The van der Waals surface area contributed by atoms with Crippen LogP contribution in [0, 0.1) is 18.3 Å². The number of fused-ring (bicyclic) bond motifs is 2. The van der Waals surface area contributed by atoms with Crippen LogP contribution in [-0.4, -0.2) is 19.5 Å². The van der Waals surface area contributed by atoms with Gasteiger partial charge in [0, 0.05) is 54.4 Å². The third-order valence-electron chi connectivity index (χ3n) is 8.45. The molecular formula is C45H32IrN4S-2. The molecule has 0 spiro atoms. The topological polar surface area (TPSA) is 43.6 Å². The van der Waals surface area contributed by atoms with Crippen LogP contribution in [0.3, 0.4) is 0 Å². The average Bonchev–Trinajstić information content (AvgIpc) is 3.80. The zero-order valence-electron chi connectivity index (χ0n) is 30.3. The van der Waals surface area contributed by atoms with Crippen molar-refractivity contribution in [2.24, 2.45) is 0 Å². The number of aromatic nitrogens is 4. The van der Waals surface area contributed by atoms with E-state index in [1.54, 1.807) is 29.5 Å². The van der Waals surface area contributed by atoms with Crippen molar-refractivity contribution < 1.29 is 24.2 Å². The number of para-hydroxylation sites is 2. The normalized spacial score (nSPS) is 11.9. The maximum absolute atomic E-state index is 7.23. The fraction of sp³-hybridized carbons (Fsp3) is 0.0444. The van der Waals surface area contributed by atoms with Crippen molar-refractivity contribution in [1.29, 1.82) is 0 Å². The predicted octanol–water partition coefficient (Wildman–Crippen LogP) is 11.2. The van der Waals surface area contributed by atoms with Gasteiger partial charge in [0.15, 0.2) is 0 Å². The van der Waals surface area contributed by atoms with Gasteiger partial charge in [-0.05, 0) is 65.6 Å². The minimum atomic E-state index is -2.09. The van der Waals surface area contributed by atoms with E-state index in [0.717, 1.165) is 51.5 Å². The van der Waals surface area contributed by atoms with Crippen LogP contribution < -0.4 is 0 Å². The van der Waals surface area contributed by atoms with Gasteiger partial charge in [0.05, 0.1) is 16.9 Å². The molecule has 0 aliphatic heterocycles. The van der Waals surface area contributed by atoms with Crippen molar-refractivity contribution >= 4 is 32.5 Å². The monoisotopic (exact) mass is 856 g/mol. The largest absolute Gasteiger partial charge is 0.333 e. The molecule has 4 heterocycles. The number of aryl methyl sites for hydroxylation is 1. The fourth-order valence-corrected chi connectivity index (χ4v) is 6.83. The number of hydrogen-bond donors (Lipinski definition) is 0. The standard InChI is InChI=1S/C33H22N3S.C12H10N.Ir/c1-2-8-24(9-3-1)25-14-16-27(17-15-25)36-31-12-5-4-11-30(31)35-33(36)29-22-37-32-18-13-23(21-28(29)32)20-26-10-6-7-19-34-26;1-10-7-8-12(13-9-10)11-5-3-2-4-6-11;/h1-19,21H,20H2;2-5,7-9H,1H3;/q2*-1;/i;1D3;. The first-order chi connectivity index (χ1) is 25.9. The summed E-state index contributed by atoms with van der Waals surface area (Å²) in [5.74, 6) is 0.912. The van der Waals surface area contributed by atoms with Crippen LogP contribution in [0.1, 0.15) is 20.9 Å². The van der Waals surface area contributed by atoms with Crippen LogP contribution in [0.4, 0.5) is 0 Å². The van der Waals surface area contributed by atoms with Crippen LogP contribution in [-0.2, 0) is 26.5 Å². The molecule has 0 aliphatic rings. The van der Waals surface area contributed by atoms with Gasteiger partial charge in [-0.2, -0.15) is 0 Å². The number of imidazole rings is 1. The molecule has 6 heteroatoms. The second kappa shape index (κ2) is 15.6. The predicted molar refractivity (Wildman–Crippen MR) is 206 cm³/mol. The van der Waals surface area contributed by atoms with Gasteiger partial charge in [-0.15, -0.1) is 47.3 Å². The minimum absolute atomic E-state index is 0. The van der Waals surface area contributed by atoms with E-state index in [1.165, 1.54) is 33.0 Å². The van der Waals surface area contributed by atoms with Crippen LogP contribution in [0.25, 0.3) is 60.6 Å². The van der Waals surface area contributed by atoms with Crippen LogP contribution in [0.15, 0.2) is 164 Å². The Labute approximate surface area is 319 Å². The first-order valence-corrected chi connectivity index (χ1v) is 17.1. The van der Waals surface area contributed by atoms with Gasteiger partial charge in [0.2, 0.25) is 0 Å². The quantitative estimate of drug-likeness (QED) is 0.157. The van der Waals surface area contributed by atoms with Gasteiger partial charge in [-0.25, -0.2) is 0 Å². The molecule has 4 aromatic heterocycles. The van der Waals surface area contributed by atoms with Crippen LogP contribution >= 0.6 is 11.3 Å². The zero-order valence-corrected chi connectivity index (χ0v) is 30.5. The molecule has 0 bridgehead atoms. The second-order valence-electron chi connectivity index (χ2n) is 11.8. The van der Waals surface area contributed by atoms with Crippen molar-refractivity contribution in [3.8, 4) is 39.5 Å². The van der Waals surface area contributed by atoms with E-state index in [2.05, 4.69) is 117 Å². The van der Waals surface area contributed by atoms with Crippen LogP contribution in [0.5, 0.6) is 0 Å². The van der Waals surface area contributed by atoms with Crippen LogP contribution in [0.2, 0.25) is 0 Å².